The summed E-state index contributed by atoms with van der Waals surface area (Å²) in [5.74, 6) is -4.49. The fourth-order valence-corrected chi connectivity index (χ4v) is 12.7. The number of alkyl halides is 2. The molecule has 8 N–H and O–H groups in total. The lowest BCUT2D eigenvalue weighted by molar-refractivity contribution is -0.161. The van der Waals surface area contributed by atoms with Crippen LogP contribution < -0.4 is 11.5 Å². The first-order valence-corrected chi connectivity index (χ1v) is 26.5. The maximum Gasteiger partial charge on any atom is 0.311 e. The number of hydrogen-bond donors (Lipinski definition) is 6. The van der Waals surface area contributed by atoms with Crippen molar-refractivity contribution in [2.45, 2.75) is 178 Å². The molecule has 18 nitrogen and oxygen atoms in total. The number of carboxylic acid groups (broad SMARTS) is 4. The fourth-order valence-electron chi connectivity index (χ4n) is 12.7. The Morgan fingerprint density at radius 2 is 0.786 bits per heavy atom. The number of fused-ring (bicyclic) bond motifs is 6. The van der Waals surface area contributed by atoms with Gasteiger partial charge in [0.2, 0.25) is 0 Å². The van der Waals surface area contributed by atoms with Gasteiger partial charge in [0, 0.05) is 22.3 Å². The lowest BCUT2D eigenvalue weighted by Crippen LogP contribution is -2.47. The summed E-state index contributed by atoms with van der Waals surface area (Å²) in [6.07, 6.45) is 20.6. The number of esters is 4. The average Bonchev–Trinajstić information content (AvgIpc) is 3.90. The molecule has 10 unspecified atom stereocenters. The molecule has 8 aliphatic carbocycles. The SMILES string of the molecule is COC(=O)C12CCCC(C(=O)OC)(CC1)C2.COC(=O)C1CCCC(C(=O)OC)C1.ClCCBr.NC12CCCC(N)(CC1)C2.O=C(O)C12CCCC(C(=O)O)(CC1)C2.O=C(O)C1CCCC(C(=O)O)C1. The van der Waals surface area contributed by atoms with Gasteiger partial charge in [-0.05, 0) is 141 Å². The smallest absolute Gasteiger partial charge is 0.311 e. The maximum atomic E-state index is 11.8. The quantitative estimate of drug-likeness (QED) is 0.0734. The van der Waals surface area contributed by atoms with E-state index in [4.69, 9.17) is 53.0 Å². The van der Waals surface area contributed by atoms with Crippen molar-refractivity contribution in [2.75, 3.05) is 39.6 Å². The Labute approximate surface area is 425 Å². The molecule has 10 atom stereocenters. The highest BCUT2D eigenvalue weighted by Gasteiger charge is 2.60. The molecular weight excluding hydrogens is 1000 g/mol. The molecule has 400 valence electrons. The second kappa shape index (κ2) is 26.9. The normalized spacial score (nSPS) is 35.1. The zero-order valence-electron chi connectivity index (χ0n) is 41.7. The average molecular weight is 1080 g/mol. The highest BCUT2D eigenvalue weighted by molar-refractivity contribution is 9.09. The summed E-state index contributed by atoms with van der Waals surface area (Å²) >= 11 is 8.26. The first kappa shape index (κ1) is 60.8. The summed E-state index contributed by atoms with van der Waals surface area (Å²) in [6.45, 7) is 0. The number of carboxylic acids is 4. The van der Waals surface area contributed by atoms with Gasteiger partial charge >= 0.3 is 47.8 Å². The van der Waals surface area contributed by atoms with Crippen molar-refractivity contribution in [3.8, 4) is 0 Å². The zero-order valence-corrected chi connectivity index (χ0v) is 44.0. The maximum absolute atomic E-state index is 11.8. The Kier molecular flexibility index (Phi) is 23.4. The molecule has 0 aromatic carbocycles. The third kappa shape index (κ3) is 15.7. The van der Waals surface area contributed by atoms with Gasteiger partial charge in [-0.3, -0.25) is 38.4 Å². The van der Waals surface area contributed by atoms with E-state index in [-0.39, 0.29) is 46.8 Å². The summed E-state index contributed by atoms with van der Waals surface area (Å²) in [5, 5.41) is 36.4. The number of carbonyl (C=O) groups is 8. The number of ether oxygens (including phenoxy) is 4. The standard InChI is InChI=1S/C12H18O4.C10H14O4.C10H16O4.C8H16N2.C8H12O4.C2H4BrCl/c1-15-9(13)11-4-3-5-12(8-11,7-6-11)10(14)16-2;11-7(12)9-2-1-3-10(6-9,5-4-9)8(13)14;1-13-9(11)7-4-3-5-8(6-7)10(12)14-2;9-7-2-1-3-8(10,6-7)5-4-7;9-7(10)5-2-1-3-6(4-5)8(11)12;3-1-2-4/h3-8H2,1-2H3;1-6H2,(H,11,12)(H,13,14);7-8H,3-6H2,1-2H3;1-6,9-10H2;5-6H,1-4H2,(H,9,10)(H,11,12);1-2H2. The van der Waals surface area contributed by atoms with Crippen LogP contribution >= 0.6 is 27.5 Å². The molecule has 0 aliphatic heterocycles. The lowest BCUT2D eigenvalue weighted by Gasteiger charge is -2.35. The van der Waals surface area contributed by atoms with Gasteiger partial charge < -0.3 is 50.8 Å². The van der Waals surface area contributed by atoms with Gasteiger partial charge in [0.15, 0.2) is 0 Å². The number of carbonyl (C=O) groups excluding carboxylic acids is 4. The van der Waals surface area contributed by atoms with Gasteiger partial charge in [-0.15, -0.1) is 11.6 Å². The third-order valence-corrected chi connectivity index (χ3v) is 17.7. The van der Waals surface area contributed by atoms with Crippen molar-refractivity contribution in [3.63, 3.8) is 0 Å². The van der Waals surface area contributed by atoms with E-state index in [9.17, 15) is 38.4 Å². The number of rotatable bonds is 9. The van der Waals surface area contributed by atoms with Crippen molar-refractivity contribution < 1.29 is 77.7 Å². The van der Waals surface area contributed by atoms with Crippen molar-refractivity contribution >= 4 is 75.3 Å². The predicted octanol–water partition coefficient (Wildman–Crippen LogP) is 7.64. The van der Waals surface area contributed by atoms with Crippen LogP contribution in [0.1, 0.15) is 167 Å². The Morgan fingerprint density at radius 1 is 0.471 bits per heavy atom. The van der Waals surface area contributed by atoms with Gasteiger partial charge in [0.25, 0.3) is 0 Å². The summed E-state index contributed by atoms with van der Waals surface area (Å²) in [6, 6.07) is 0. The van der Waals surface area contributed by atoms with Crippen LogP contribution in [0.15, 0.2) is 0 Å². The minimum atomic E-state index is -0.860. The van der Waals surface area contributed by atoms with E-state index in [0.717, 1.165) is 82.4 Å². The van der Waals surface area contributed by atoms with Gasteiger partial charge in [-0.1, -0.05) is 41.6 Å². The van der Waals surface area contributed by atoms with E-state index in [0.29, 0.717) is 76.5 Å². The van der Waals surface area contributed by atoms with Gasteiger partial charge in [-0.25, -0.2) is 0 Å². The Balaban J connectivity index is 0.000000228. The largest absolute Gasteiger partial charge is 0.481 e. The second-order valence-electron chi connectivity index (χ2n) is 21.3. The fraction of sp³-hybridized carbons (Fsp3) is 0.840. The van der Waals surface area contributed by atoms with Crippen LogP contribution in [-0.2, 0) is 57.3 Å². The molecule has 8 saturated carbocycles. The number of halogens is 2. The van der Waals surface area contributed by atoms with E-state index in [1.807, 2.05) is 0 Å². The second-order valence-corrected chi connectivity index (χ2v) is 22.4. The van der Waals surface area contributed by atoms with Crippen molar-refractivity contribution in [3.05, 3.63) is 0 Å². The molecule has 20 heteroatoms. The van der Waals surface area contributed by atoms with Crippen LogP contribution in [0.5, 0.6) is 0 Å². The van der Waals surface area contributed by atoms with Gasteiger partial charge in [-0.2, -0.15) is 0 Å². The minimum Gasteiger partial charge on any atom is -0.481 e. The molecular formula is C50H80BrClN2O16. The summed E-state index contributed by atoms with van der Waals surface area (Å²) in [5.41, 5.74) is 10.2. The zero-order chi connectivity index (χ0) is 52.6. The number of nitrogens with two attached hydrogens (primary N) is 2. The molecule has 0 aromatic rings. The number of hydrogen-bond acceptors (Lipinski definition) is 14. The van der Waals surface area contributed by atoms with Crippen LogP contribution in [0.4, 0.5) is 0 Å². The van der Waals surface area contributed by atoms with E-state index >= 15 is 0 Å². The first-order chi connectivity index (χ1) is 32.9. The number of methoxy groups -OCH3 is 4. The molecule has 8 rings (SSSR count). The third-order valence-electron chi connectivity index (χ3n) is 16.6. The highest BCUT2D eigenvalue weighted by Crippen LogP contribution is 2.60. The Bertz CT molecular complexity index is 1720. The van der Waals surface area contributed by atoms with Crippen LogP contribution in [-0.4, -0.2) is 119 Å². The molecule has 8 fully saturated rings. The molecule has 0 saturated heterocycles. The molecule has 0 spiro atoms. The monoisotopic (exact) mass is 1080 g/mol. The molecule has 70 heavy (non-hydrogen) atoms. The van der Waals surface area contributed by atoms with Gasteiger partial charge in [0.05, 0.1) is 73.8 Å². The molecule has 0 aromatic heterocycles. The predicted molar refractivity (Wildman–Crippen MR) is 261 cm³/mol. The first-order valence-electron chi connectivity index (χ1n) is 24.9. The van der Waals surface area contributed by atoms with E-state index in [1.165, 1.54) is 47.7 Å². The Morgan fingerprint density at radius 3 is 1.10 bits per heavy atom. The summed E-state index contributed by atoms with van der Waals surface area (Å²) in [4.78, 5) is 89.4. The Hall–Kier alpha value is -3.55. The molecule has 0 radical (unpaired) electrons. The molecule has 6 bridgehead atoms. The topological polar surface area (TPSA) is 306 Å². The molecule has 0 amide bonds. The van der Waals surface area contributed by atoms with Crippen molar-refractivity contribution in [1.29, 1.82) is 0 Å². The van der Waals surface area contributed by atoms with E-state index in [1.54, 1.807) is 0 Å². The molecule has 8 aliphatic rings. The summed E-state index contributed by atoms with van der Waals surface area (Å²) < 4.78 is 19.1. The van der Waals surface area contributed by atoms with Crippen LogP contribution in [0, 0.1) is 45.3 Å². The van der Waals surface area contributed by atoms with E-state index in [2.05, 4.69) is 25.4 Å². The lowest BCUT2D eigenvalue weighted by atomic mass is 9.69. The van der Waals surface area contributed by atoms with E-state index < -0.39 is 57.4 Å². The van der Waals surface area contributed by atoms with Crippen molar-refractivity contribution in [1.82, 2.24) is 0 Å². The molecule has 0 heterocycles. The summed E-state index contributed by atoms with van der Waals surface area (Å²) in [7, 11) is 5.60. The van der Waals surface area contributed by atoms with Crippen LogP contribution in [0.2, 0.25) is 0 Å². The number of aliphatic carboxylic acids is 4. The minimum absolute atomic E-state index is 0.127. The van der Waals surface area contributed by atoms with Crippen molar-refractivity contribution in [2.24, 2.45) is 56.8 Å². The van der Waals surface area contributed by atoms with Crippen LogP contribution in [0.3, 0.4) is 0 Å². The van der Waals surface area contributed by atoms with Crippen LogP contribution in [0.25, 0.3) is 0 Å². The van der Waals surface area contributed by atoms with Gasteiger partial charge in [0.1, 0.15) is 0 Å². The highest BCUT2D eigenvalue weighted by atomic mass is 79.9.